The van der Waals surface area contributed by atoms with Crippen molar-refractivity contribution in [2.24, 2.45) is 7.05 Å². The number of carbonyl (C=O) groups is 1. The fourth-order valence-electron chi connectivity index (χ4n) is 3.25. The maximum atomic E-state index is 14.8. The van der Waals surface area contributed by atoms with Crippen LogP contribution in [0.25, 0.3) is 22.3 Å². The summed E-state index contributed by atoms with van der Waals surface area (Å²) in [6.45, 7) is 0. The Morgan fingerprint density at radius 2 is 1.69 bits per heavy atom. The number of hydrogen-bond acceptors (Lipinski definition) is 6. The van der Waals surface area contributed by atoms with Gasteiger partial charge in [0.15, 0.2) is 5.65 Å². The predicted molar refractivity (Wildman–Crippen MR) is 119 cm³/mol. The molecule has 2 heterocycles. The van der Waals surface area contributed by atoms with Crippen molar-refractivity contribution in [2.75, 3.05) is 16.9 Å². The molecule has 2 N–H and O–H groups in total. The van der Waals surface area contributed by atoms with Crippen molar-refractivity contribution in [1.29, 1.82) is 0 Å². The number of halogens is 5. The molecule has 2 amide bonds. The van der Waals surface area contributed by atoms with Gasteiger partial charge < -0.3 is 10.6 Å². The summed E-state index contributed by atoms with van der Waals surface area (Å²) in [5.41, 5.74) is -1.61. The molecule has 0 saturated heterocycles. The monoisotopic (exact) mass is 526 g/mol. The minimum atomic E-state index is -4.75. The van der Waals surface area contributed by atoms with E-state index in [-0.39, 0.29) is 22.6 Å². The van der Waals surface area contributed by atoms with Gasteiger partial charge in [-0.2, -0.15) is 23.3 Å². The van der Waals surface area contributed by atoms with Crippen molar-refractivity contribution in [1.82, 2.24) is 19.7 Å². The lowest BCUT2D eigenvalue weighted by Crippen LogP contribution is -2.21. The number of alkyl halides is 3. The molecule has 2 aromatic carbocycles. The molecule has 0 saturated carbocycles. The summed E-state index contributed by atoms with van der Waals surface area (Å²) >= 11 is 0. The van der Waals surface area contributed by atoms with Gasteiger partial charge in [-0.25, -0.2) is 31.7 Å². The normalized spacial score (nSPS) is 12.1. The molecular weight excluding hydrogens is 511 g/mol. The Morgan fingerprint density at radius 1 is 1.00 bits per heavy atom. The van der Waals surface area contributed by atoms with Crippen LogP contribution in [0.4, 0.5) is 38.1 Å². The molecule has 15 heteroatoms. The molecule has 0 spiro atoms. The number of anilines is 2. The van der Waals surface area contributed by atoms with Crippen molar-refractivity contribution in [3.63, 3.8) is 0 Å². The largest absolute Gasteiger partial charge is 0.416 e. The zero-order valence-corrected chi connectivity index (χ0v) is 19.2. The first kappa shape index (κ1) is 25.0. The third-order valence-corrected chi connectivity index (χ3v) is 5.78. The molecular formula is C21H15F5N6O3S. The Labute approximate surface area is 199 Å². The third-order valence-electron chi connectivity index (χ3n) is 4.92. The Hall–Kier alpha value is -4.14. The first-order chi connectivity index (χ1) is 16.7. The van der Waals surface area contributed by atoms with E-state index in [4.69, 9.17) is 0 Å². The maximum absolute atomic E-state index is 14.8. The Balaban J connectivity index is 1.58. The van der Waals surface area contributed by atoms with E-state index in [2.05, 4.69) is 20.4 Å². The van der Waals surface area contributed by atoms with E-state index < -0.39 is 50.1 Å². The second-order valence-electron chi connectivity index (χ2n) is 7.60. The van der Waals surface area contributed by atoms with Gasteiger partial charge in [0, 0.05) is 25.1 Å². The van der Waals surface area contributed by atoms with E-state index in [9.17, 15) is 35.2 Å². The van der Waals surface area contributed by atoms with Crippen LogP contribution < -0.4 is 10.6 Å². The summed E-state index contributed by atoms with van der Waals surface area (Å²) in [5.74, 6) is -2.04. The van der Waals surface area contributed by atoms with Crippen LogP contribution in [-0.2, 0) is 23.1 Å². The van der Waals surface area contributed by atoms with Gasteiger partial charge in [0.05, 0.1) is 22.3 Å². The third kappa shape index (κ3) is 4.95. The van der Waals surface area contributed by atoms with Gasteiger partial charge in [0.1, 0.15) is 17.3 Å². The highest BCUT2D eigenvalue weighted by molar-refractivity contribution is 7.90. The molecule has 0 radical (unpaired) electrons. The number of nitrogens with one attached hydrogen (secondary N) is 2. The van der Waals surface area contributed by atoms with Gasteiger partial charge in [-0.15, -0.1) is 0 Å². The molecule has 2 aromatic heterocycles. The van der Waals surface area contributed by atoms with Crippen LogP contribution in [0.15, 0.2) is 47.8 Å². The SMILES string of the molecule is Cn1nc(-c2ccc(NC(=O)Nc3cc(C(F)(F)F)ccc3F)c(F)c2)c2cnc(S(C)(=O)=O)nc21. The zero-order chi connectivity index (χ0) is 26.4. The number of sulfone groups is 1. The quantitative estimate of drug-likeness (QED) is 0.301. The number of amides is 2. The summed E-state index contributed by atoms with van der Waals surface area (Å²) in [6.07, 6.45) is -2.57. The second kappa shape index (κ2) is 8.82. The van der Waals surface area contributed by atoms with Gasteiger partial charge in [-0.1, -0.05) is 6.07 Å². The molecule has 0 atom stereocenters. The molecule has 9 nitrogen and oxygen atoms in total. The summed E-state index contributed by atoms with van der Waals surface area (Å²) in [5, 5.41) is 8.18. The van der Waals surface area contributed by atoms with Crippen LogP contribution in [0, 0.1) is 11.6 Å². The highest BCUT2D eigenvalue weighted by atomic mass is 32.2. The predicted octanol–water partition coefficient (Wildman–Crippen LogP) is 4.37. The molecule has 0 unspecified atom stereocenters. The fraction of sp³-hybridized carbons (Fsp3) is 0.143. The van der Waals surface area contributed by atoms with Crippen molar-refractivity contribution >= 4 is 38.3 Å². The maximum Gasteiger partial charge on any atom is 0.416 e. The minimum absolute atomic E-state index is 0.186. The average molecular weight is 526 g/mol. The van der Waals surface area contributed by atoms with Crippen molar-refractivity contribution in [3.8, 4) is 11.3 Å². The first-order valence-corrected chi connectivity index (χ1v) is 11.8. The van der Waals surface area contributed by atoms with E-state index in [0.717, 1.165) is 12.3 Å². The highest BCUT2D eigenvalue weighted by Gasteiger charge is 2.31. The van der Waals surface area contributed by atoms with Crippen molar-refractivity contribution < 1.29 is 35.2 Å². The summed E-state index contributed by atoms with van der Waals surface area (Å²) in [6, 6.07) is 3.88. The fourth-order valence-corrected chi connectivity index (χ4v) is 3.75. The first-order valence-electron chi connectivity index (χ1n) is 9.88. The number of hydrogen-bond donors (Lipinski definition) is 2. The van der Waals surface area contributed by atoms with Crippen LogP contribution in [0.5, 0.6) is 0 Å². The summed E-state index contributed by atoms with van der Waals surface area (Å²) < 4.78 is 91.9. The smallest absolute Gasteiger partial charge is 0.305 e. The Bertz CT molecular complexity index is 1620. The number of rotatable bonds is 4. The van der Waals surface area contributed by atoms with E-state index in [1.54, 1.807) is 0 Å². The van der Waals surface area contributed by atoms with Gasteiger partial charge in [-0.3, -0.25) is 0 Å². The number of nitrogens with zero attached hydrogens (tertiary/aromatic N) is 4. The standard InChI is InChI=1S/C21H15F5N6O3S/c1-32-18-12(9-27-20(30-18)36(2,34)35)17(31-32)10-3-6-15(14(23)7-10)28-19(33)29-16-8-11(21(24,25)26)4-5-13(16)22/h3-9H,1-2H3,(H2,28,29,33). The van der Waals surface area contributed by atoms with Crippen LogP contribution in [-0.4, -0.2) is 40.5 Å². The van der Waals surface area contributed by atoms with E-state index >= 15 is 0 Å². The molecule has 188 valence electrons. The van der Waals surface area contributed by atoms with E-state index in [1.165, 1.54) is 30.1 Å². The molecule has 0 fully saturated rings. The van der Waals surface area contributed by atoms with E-state index in [0.29, 0.717) is 23.6 Å². The molecule has 0 aliphatic carbocycles. The summed E-state index contributed by atoms with van der Waals surface area (Å²) in [4.78, 5) is 20.0. The molecule has 0 aliphatic rings. The number of aromatic nitrogens is 4. The molecule has 0 bridgehead atoms. The molecule has 36 heavy (non-hydrogen) atoms. The molecule has 4 aromatic rings. The number of fused-ring (bicyclic) bond motifs is 1. The van der Waals surface area contributed by atoms with E-state index in [1.807, 2.05) is 5.32 Å². The summed E-state index contributed by atoms with van der Waals surface area (Å²) in [7, 11) is -2.17. The van der Waals surface area contributed by atoms with Gasteiger partial charge in [0.2, 0.25) is 15.0 Å². The minimum Gasteiger partial charge on any atom is -0.305 e. The van der Waals surface area contributed by atoms with Gasteiger partial charge in [0.25, 0.3) is 0 Å². The lowest BCUT2D eigenvalue weighted by molar-refractivity contribution is -0.137. The molecule has 0 aliphatic heterocycles. The number of aryl methyl sites for hydroxylation is 1. The Kier molecular flexibility index (Phi) is 6.12. The average Bonchev–Trinajstić information content (AvgIpc) is 3.11. The Morgan fingerprint density at radius 3 is 2.33 bits per heavy atom. The van der Waals surface area contributed by atoms with Gasteiger partial charge in [-0.05, 0) is 30.3 Å². The van der Waals surface area contributed by atoms with Crippen molar-refractivity contribution in [2.45, 2.75) is 11.3 Å². The highest BCUT2D eigenvalue weighted by Crippen LogP contribution is 2.32. The van der Waals surface area contributed by atoms with Crippen LogP contribution in [0.1, 0.15) is 5.56 Å². The number of carbonyl (C=O) groups excluding carboxylic acids is 1. The number of benzene rings is 2. The topological polar surface area (TPSA) is 119 Å². The van der Waals surface area contributed by atoms with Crippen molar-refractivity contribution in [3.05, 3.63) is 59.8 Å². The number of urea groups is 1. The van der Waals surface area contributed by atoms with Gasteiger partial charge >= 0.3 is 12.2 Å². The van der Waals surface area contributed by atoms with Crippen LogP contribution >= 0.6 is 0 Å². The van der Waals surface area contributed by atoms with Crippen LogP contribution in [0.3, 0.4) is 0 Å². The zero-order valence-electron chi connectivity index (χ0n) is 18.4. The molecule has 4 rings (SSSR count). The second-order valence-corrected chi connectivity index (χ2v) is 9.51. The lowest BCUT2D eigenvalue weighted by Gasteiger charge is -2.12. The van der Waals surface area contributed by atoms with Crippen LogP contribution in [0.2, 0.25) is 0 Å². The lowest BCUT2D eigenvalue weighted by atomic mass is 10.1.